The van der Waals surface area contributed by atoms with Gasteiger partial charge in [0.15, 0.2) is 5.76 Å². The van der Waals surface area contributed by atoms with Crippen LogP contribution in [0.3, 0.4) is 0 Å². The Bertz CT molecular complexity index is 802. The van der Waals surface area contributed by atoms with Crippen LogP contribution < -0.4 is 5.32 Å². The van der Waals surface area contributed by atoms with Gasteiger partial charge >= 0.3 is 0 Å². The largest absolute Gasteiger partial charge is 0.451 e. The minimum absolute atomic E-state index is 0.211. The van der Waals surface area contributed by atoms with Crippen LogP contribution in [0.25, 0.3) is 11.0 Å². The molecule has 0 bridgehead atoms. The average Bonchev–Trinajstić information content (AvgIpc) is 2.85. The number of amides is 1. The molecule has 21 heavy (non-hydrogen) atoms. The Kier molecular flexibility index (Phi) is 3.48. The fourth-order valence-corrected chi connectivity index (χ4v) is 2.45. The van der Waals surface area contributed by atoms with E-state index in [0.29, 0.717) is 5.76 Å². The van der Waals surface area contributed by atoms with Crippen LogP contribution in [0.4, 0.5) is 5.69 Å². The number of anilines is 1. The zero-order valence-electron chi connectivity index (χ0n) is 12.1. The number of furan rings is 1. The summed E-state index contributed by atoms with van der Waals surface area (Å²) in [5.41, 5.74) is 3.59. The summed E-state index contributed by atoms with van der Waals surface area (Å²) in [6.07, 6.45) is 0.938. The minimum atomic E-state index is -0.211. The maximum absolute atomic E-state index is 12.4. The number of fused-ring (bicyclic) bond motifs is 1. The fourth-order valence-electron chi connectivity index (χ4n) is 2.45. The average molecular weight is 279 g/mol. The second kappa shape index (κ2) is 5.44. The molecule has 1 heterocycles. The lowest BCUT2D eigenvalue weighted by Gasteiger charge is -2.05. The van der Waals surface area contributed by atoms with Gasteiger partial charge in [-0.2, -0.15) is 0 Å². The summed E-state index contributed by atoms with van der Waals surface area (Å²) < 4.78 is 5.68. The zero-order valence-corrected chi connectivity index (χ0v) is 12.1. The van der Waals surface area contributed by atoms with Crippen LogP contribution in [-0.4, -0.2) is 5.91 Å². The van der Waals surface area contributed by atoms with Crippen LogP contribution in [-0.2, 0) is 6.42 Å². The summed E-state index contributed by atoms with van der Waals surface area (Å²) >= 11 is 0. The third-order valence-corrected chi connectivity index (χ3v) is 3.64. The van der Waals surface area contributed by atoms with E-state index in [2.05, 4.69) is 12.2 Å². The quantitative estimate of drug-likeness (QED) is 0.764. The fraction of sp³-hybridized carbons (Fsp3) is 0.167. The highest BCUT2D eigenvalue weighted by Crippen LogP contribution is 2.25. The molecule has 3 heteroatoms. The Hall–Kier alpha value is -2.55. The molecule has 1 N–H and O–H groups in total. The highest BCUT2D eigenvalue weighted by molar-refractivity contribution is 6.06. The van der Waals surface area contributed by atoms with Gasteiger partial charge in [-0.25, -0.2) is 0 Å². The van der Waals surface area contributed by atoms with Gasteiger partial charge in [-0.1, -0.05) is 37.3 Å². The molecule has 0 atom stereocenters. The van der Waals surface area contributed by atoms with Crippen molar-refractivity contribution in [3.63, 3.8) is 0 Å². The zero-order chi connectivity index (χ0) is 14.8. The lowest BCUT2D eigenvalue weighted by molar-refractivity contribution is 0.0998. The van der Waals surface area contributed by atoms with E-state index in [9.17, 15) is 4.79 Å². The molecule has 0 saturated carbocycles. The molecule has 0 aliphatic carbocycles. The molecule has 0 aliphatic rings. The summed E-state index contributed by atoms with van der Waals surface area (Å²) in [7, 11) is 0. The molecule has 0 radical (unpaired) electrons. The smallest absolute Gasteiger partial charge is 0.291 e. The monoisotopic (exact) mass is 279 g/mol. The molecule has 2 aromatic carbocycles. The summed E-state index contributed by atoms with van der Waals surface area (Å²) in [5.74, 6) is 0.162. The van der Waals surface area contributed by atoms with Crippen molar-refractivity contribution in [1.82, 2.24) is 0 Å². The summed E-state index contributed by atoms with van der Waals surface area (Å²) in [4.78, 5) is 12.4. The SMILES string of the molecule is CCc1cccc(NC(=O)c2oc3ccccc3c2C)c1. The summed E-state index contributed by atoms with van der Waals surface area (Å²) in [5, 5.41) is 3.88. The molecule has 0 unspecified atom stereocenters. The lowest BCUT2D eigenvalue weighted by atomic mass is 10.1. The maximum Gasteiger partial charge on any atom is 0.291 e. The first-order chi connectivity index (χ1) is 10.2. The molecule has 1 amide bonds. The number of rotatable bonds is 3. The number of nitrogens with one attached hydrogen (secondary N) is 1. The molecule has 1 aromatic heterocycles. The number of hydrogen-bond acceptors (Lipinski definition) is 2. The normalized spacial score (nSPS) is 10.8. The van der Waals surface area contributed by atoms with E-state index in [1.165, 1.54) is 5.56 Å². The maximum atomic E-state index is 12.4. The molecule has 3 rings (SSSR count). The molecule has 0 spiro atoms. The molecule has 3 nitrogen and oxygen atoms in total. The highest BCUT2D eigenvalue weighted by atomic mass is 16.3. The van der Waals surface area contributed by atoms with E-state index in [4.69, 9.17) is 4.42 Å². The lowest BCUT2D eigenvalue weighted by Crippen LogP contribution is -2.12. The van der Waals surface area contributed by atoms with E-state index in [-0.39, 0.29) is 5.91 Å². The number of benzene rings is 2. The van der Waals surface area contributed by atoms with Crippen LogP contribution >= 0.6 is 0 Å². The van der Waals surface area contributed by atoms with E-state index in [0.717, 1.165) is 28.6 Å². The first-order valence-corrected chi connectivity index (χ1v) is 7.07. The number of aryl methyl sites for hydroxylation is 2. The van der Waals surface area contributed by atoms with Crippen molar-refractivity contribution in [1.29, 1.82) is 0 Å². The van der Waals surface area contributed by atoms with Gasteiger partial charge in [-0.05, 0) is 37.1 Å². The number of para-hydroxylation sites is 1. The van der Waals surface area contributed by atoms with Crippen LogP contribution in [0, 0.1) is 6.92 Å². The number of carbonyl (C=O) groups is 1. The van der Waals surface area contributed by atoms with Gasteiger partial charge in [0.05, 0.1) is 0 Å². The van der Waals surface area contributed by atoms with E-state index >= 15 is 0 Å². The van der Waals surface area contributed by atoms with Gasteiger partial charge in [0, 0.05) is 16.6 Å². The molecular weight excluding hydrogens is 262 g/mol. The van der Waals surface area contributed by atoms with Gasteiger partial charge in [0.2, 0.25) is 0 Å². The second-order valence-electron chi connectivity index (χ2n) is 5.06. The minimum Gasteiger partial charge on any atom is -0.451 e. The first kappa shape index (κ1) is 13.4. The Balaban J connectivity index is 1.91. The van der Waals surface area contributed by atoms with Crippen molar-refractivity contribution in [2.45, 2.75) is 20.3 Å². The van der Waals surface area contributed by atoms with E-state index in [1.807, 2.05) is 55.5 Å². The Morgan fingerprint density at radius 1 is 1.14 bits per heavy atom. The van der Waals surface area contributed by atoms with Gasteiger partial charge in [0.25, 0.3) is 5.91 Å². The summed E-state index contributed by atoms with van der Waals surface area (Å²) in [6.45, 7) is 3.99. The molecule has 0 aliphatic heterocycles. The topological polar surface area (TPSA) is 42.2 Å². The van der Waals surface area contributed by atoms with Crippen LogP contribution in [0.2, 0.25) is 0 Å². The second-order valence-corrected chi connectivity index (χ2v) is 5.06. The van der Waals surface area contributed by atoms with E-state index < -0.39 is 0 Å². The van der Waals surface area contributed by atoms with Gasteiger partial charge < -0.3 is 9.73 Å². The molecule has 0 fully saturated rings. The number of hydrogen-bond donors (Lipinski definition) is 1. The van der Waals surface area contributed by atoms with Crippen molar-refractivity contribution in [2.75, 3.05) is 5.32 Å². The van der Waals surface area contributed by atoms with Crippen molar-refractivity contribution < 1.29 is 9.21 Å². The predicted octanol–water partition coefficient (Wildman–Crippen LogP) is 4.56. The first-order valence-electron chi connectivity index (χ1n) is 7.07. The van der Waals surface area contributed by atoms with Crippen LogP contribution in [0.15, 0.2) is 52.9 Å². The van der Waals surface area contributed by atoms with Crippen LogP contribution in [0.5, 0.6) is 0 Å². The van der Waals surface area contributed by atoms with Crippen molar-refractivity contribution in [2.24, 2.45) is 0 Å². The third-order valence-electron chi connectivity index (χ3n) is 3.64. The molecule has 3 aromatic rings. The number of carbonyl (C=O) groups excluding carboxylic acids is 1. The van der Waals surface area contributed by atoms with Gasteiger partial charge in [0.1, 0.15) is 5.58 Å². The van der Waals surface area contributed by atoms with Crippen molar-refractivity contribution in [3.05, 3.63) is 65.4 Å². The van der Waals surface area contributed by atoms with Gasteiger partial charge in [-0.3, -0.25) is 4.79 Å². The summed E-state index contributed by atoms with van der Waals surface area (Å²) in [6, 6.07) is 15.5. The molecule has 0 saturated heterocycles. The van der Waals surface area contributed by atoms with Crippen molar-refractivity contribution in [3.8, 4) is 0 Å². The Labute approximate surface area is 123 Å². The van der Waals surface area contributed by atoms with Gasteiger partial charge in [-0.15, -0.1) is 0 Å². The predicted molar refractivity (Wildman–Crippen MR) is 84.7 cm³/mol. The molecule has 106 valence electrons. The Morgan fingerprint density at radius 2 is 1.95 bits per heavy atom. The van der Waals surface area contributed by atoms with E-state index in [1.54, 1.807) is 0 Å². The highest BCUT2D eigenvalue weighted by Gasteiger charge is 2.17. The third kappa shape index (κ3) is 2.55. The van der Waals surface area contributed by atoms with Crippen molar-refractivity contribution >= 4 is 22.6 Å². The molecular formula is C18H17NO2. The van der Waals surface area contributed by atoms with Crippen LogP contribution in [0.1, 0.15) is 28.6 Å². The standard InChI is InChI=1S/C18H17NO2/c1-3-13-7-6-8-14(11-13)19-18(20)17-12(2)15-9-4-5-10-16(15)21-17/h4-11H,3H2,1-2H3,(H,19,20). The Morgan fingerprint density at radius 3 is 2.71 bits per heavy atom.